The van der Waals surface area contributed by atoms with Crippen molar-refractivity contribution in [2.45, 2.75) is 18.9 Å². The topological polar surface area (TPSA) is 46.3 Å². The van der Waals surface area contributed by atoms with Crippen LogP contribution >= 0.6 is 0 Å². The highest BCUT2D eigenvalue weighted by atomic mass is 16.1. The zero-order valence-electron chi connectivity index (χ0n) is 5.34. The minimum atomic E-state index is -0.248. The Hall–Kier alpha value is -0.570. The van der Waals surface area contributed by atoms with Crippen LogP contribution in [0.1, 0.15) is 12.8 Å². The fraction of sp³-hybridized carbons (Fsp3) is 0.667. The Morgan fingerprint density at radius 3 is 2.67 bits per heavy atom. The van der Waals surface area contributed by atoms with Crippen LogP contribution in [0.2, 0.25) is 0 Å². The van der Waals surface area contributed by atoms with Crippen LogP contribution in [0.25, 0.3) is 0 Å². The highest BCUT2D eigenvalue weighted by Crippen LogP contribution is 2.14. The molecule has 1 fully saturated rings. The summed E-state index contributed by atoms with van der Waals surface area (Å²) in [4.78, 5) is 12.3. The maximum atomic E-state index is 10.6. The molecular weight excluding hydrogens is 116 g/mol. The van der Waals surface area contributed by atoms with E-state index in [1.807, 2.05) is 0 Å². The van der Waals surface area contributed by atoms with E-state index in [-0.39, 0.29) is 11.9 Å². The van der Waals surface area contributed by atoms with Crippen molar-refractivity contribution in [2.75, 3.05) is 6.54 Å². The molecular formula is C6H11N2O-. The Kier molecular flexibility index (Phi) is 1.71. The Labute approximate surface area is 54.8 Å². The van der Waals surface area contributed by atoms with Crippen LogP contribution in [0.3, 0.4) is 0 Å². The predicted molar refractivity (Wildman–Crippen MR) is 34.3 cm³/mol. The number of hydrogen-bond acceptors (Lipinski definition) is 2. The number of nitrogens with zero attached hydrogens (tertiary/aromatic N) is 1. The van der Waals surface area contributed by atoms with Crippen LogP contribution < -0.4 is 5.73 Å². The van der Waals surface area contributed by atoms with Gasteiger partial charge in [-0.2, -0.15) is 0 Å². The third-order valence-corrected chi connectivity index (χ3v) is 1.69. The van der Waals surface area contributed by atoms with Crippen LogP contribution in [0, 0.1) is 7.05 Å². The van der Waals surface area contributed by atoms with E-state index in [4.69, 9.17) is 5.73 Å². The van der Waals surface area contributed by atoms with Crippen LogP contribution in [0.15, 0.2) is 0 Å². The van der Waals surface area contributed by atoms with Crippen LogP contribution in [-0.2, 0) is 4.79 Å². The largest absolute Gasteiger partial charge is 0.449 e. The lowest BCUT2D eigenvalue weighted by atomic mass is 10.2. The highest BCUT2D eigenvalue weighted by Gasteiger charge is 2.20. The molecule has 1 aliphatic rings. The zero-order valence-corrected chi connectivity index (χ0v) is 5.34. The SMILES string of the molecule is [CH2-]N1CCC[C@H]1C(N)=O. The van der Waals surface area contributed by atoms with Gasteiger partial charge in [0.05, 0.1) is 6.04 Å². The average molecular weight is 127 g/mol. The molecule has 3 heteroatoms. The molecule has 3 nitrogen and oxygen atoms in total. The van der Waals surface area contributed by atoms with Gasteiger partial charge in [-0.25, -0.2) is 0 Å². The van der Waals surface area contributed by atoms with E-state index in [1.165, 1.54) is 0 Å². The second kappa shape index (κ2) is 2.35. The lowest BCUT2D eigenvalue weighted by molar-refractivity contribution is -0.121. The molecule has 1 saturated heterocycles. The second-order valence-electron chi connectivity index (χ2n) is 2.37. The summed E-state index contributed by atoms with van der Waals surface area (Å²) in [6.45, 7) is 0.896. The molecule has 0 aromatic rings. The highest BCUT2D eigenvalue weighted by molar-refractivity contribution is 5.80. The molecule has 1 heterocycles. The van der Waals surface area contributed by atoms with Gasteiger partial charge >= 0.3 is 0 Å². The van der Waals surface area contributed by atoms with Gasteiger partial charge in [0.2, 0.25) is 5.91 Å². The molecule has 1 aliphatic heterocycles. The maximum Gasteiger partial charge on any atom is 0.232 e. The smallest absolute Gasteiger partial charge is 0.232 e. The van der Waals surface area contributed by atoms with E-state index in [2.05, 4.69) is 7.05 Å². The number of likely N-dealkylation sites (tertiary alicyclic amines) is 1. The van der Waals surface area contributed by atoms with Crippen LogP contribution in [0.4, 0.5) is 0 Å². The van der Waals surface area contributed by atoms with Crippen molar-refractivity contribution < 1.29 is 4.79 Å². The van der Waals surface area contributed by atoms with Crippen molar-refractivity contribution in [1.82, 2.24) is 4.90 Å². The molecule has 1 amide bonds. The van der Waals surface area contributed by atoms with Crippen LogP contribution in [-0.4, -0.2) is 23.4 Å². The van der Waals surface area contributed by atoms with Crippen molar-refractivity contribution in [3.8, 4) is 0 Å². The van der Waals surface area contributed by atoms with E-state index >= 15 is 0 Å². The third-order valence-electron chi connectivity index (χ3n) is 1.69. The summed E-state index contributed by atoms with van der Waals surface area (Å²) in [7, 11) is 3.67. The maximum absolute atomic E-state index is 10.6. The molecule has 2 N–H and O–H groups in total. The minimum absolute atomic E-state index is 0.106. The molecule has 0 saturated carbocycles. The normalized spacial score (nSPS) is 28.8. The van der Waals surface area contributed by atoms with Gasteiger partial charge in [0.25, 0.3) is 0 Å². The van der Waals surface area contributed by atoms with Gasteiger partial charge in [-0.05, 0) is 19.4 Å². The molecule has 0 unspecified atom stereocenters. The van der Waals surface area contributed by atoms with Crippen molar-refractivity contribution in [1.29, 1.82) is 0 Å². The molecule has 1 rings (SSSR count). The van der Waals surface area contributed by atoms with Crippen molar-refractivity contribution in [3.05, 3.63) is 7.05 Å². The minimum Gasteiger partial charge on any atom is -0.449 e. The lowest BCUT2D eigenvalue weighted by Gasteiger charge is -2.23. The van der Waals surface area contributed by atoms with E-state index in [9.17, 15) is 4.79 Å². The first-order valence-corrected chi connectivity index (χ1v) is 3.08. The molecule has 9 heavy (non-hydrogen) atoms. The summed E-state index contributed by atoms with van der Waals surface area (Å²) in [5.74, 6) is -0.248. The second-order valence-corrected chi connectivity index (χ2v) is 2.37. The average Bonchev–Trinajstić information content (AvgIpc) is 2.13. The fourth-order valence-corrected chi connectivity index (χ4v) is 1.15. The summed E-state index contributed by atoms with van der Waals surface area (Å²) in [5, 5.41) is 0. The predicted octanol–water partition coefficient (Wildman–Crippen LogP) is -0.272. The standard InChI is InChI=1S/C6H11N2O/c1-8-4-2-3-5(8)6(7)9/h5H,1-4H2,(H2,7,9)/q-1/t5-/m0/s1. The van der Waals surface area contributed by atoms with E-state index < -0.39 is 0 Å². The molecule has 0 aliphatic carbocycles. The number of amides is 1. The molecule has 0 aromatic carbocycles. The van der Waals surface area contributed by atoms with Gasteiger partial charge < -0.3 is 10.6 Å². The van der Waals surface area contributed by atoms with Gasteiger partial charge in [-0.3, -0.25) is 11.8 Å². The van der Waals surface area contributed by atoms with Gasteiger partial charge in [0.1, 0.15) is 0 Å². The zero-order chi connectivity index (χ0) is 6.85. The number of carbonyl (C=O) groups excluding carboxylic acids is 1. The quantitative estimate of drug-likeness (QED) is 0.493. The molecule has 52 valence electrons. The van der Waals surface area contributed by atoms with Crippen molar-refractivity contribution in [3.63, 3.8) is 0 Å². The number of rotatable bonds is 1. The molecule has 0 aromatic heterocycles. The van der Waals surface area contributed by atoms with Crippen molar-refractivity contribution >= 4 is 5.91 Å². The Balaban J connectivity index is 2.49. The van der Waals surface area contributed by atoms with Gasteiger partial charge in [-0.1, -0.05) is 0 Å². The number of hydrogen-bond donors (Lipinski definition) is 1. The van der Waals surface area contributed by atoms with E-state index in [0.29, 0.717) is 0 Å². The van der Waals surface area contributed by atoms with Crippen LogP contribution in [0.5, 0.6) is 0 Å². The van der Waals surface area contributed by atoms with E-state index in [0.717, 1.165) is 19.4 Å². The first kappa shape index (κ1) is 6.55. The molecule has 0 radical (unpaired) electrons. The molecule has 0 spiro atoms. The van der Waals surface area contributed by atoms with Crippen molar-refractivity contribution in [2.24, 2.45) is 5.73 Å². The monoisotopic (exact) mass is 127 g/mol. The third kappa shape index (κ3) is 1.21. The van der Waals surface area contributed by atoms with Gasteiger partial charge in [-0.15, -0.1) is 0 Å². The molecule has 0 bridgehead atoms. The number of nitrogens with two attached hydrogens (primary N) is 1. The first-order valence-electron chi connectivity index (χ1n) is 3.08. The Morgan fingerprint density at radius 1 is 1.78 bits per heavy atom. The number of carbonyl (C=O) groups is 1. The van der Waals surface area contributed by atoms with Gasteiger partial charge in [0.15, 0.2) is 0 Å². The summed E-state index contributed by atoms with van der Waals surface area (Å²) in [5.41, 5.74) is 5.07. The summed E-state index contributed by atoms with van der Waals surface area (Å²) in [6, 6.07) is -0.106. The lowest BCUT2D eigenvalue weighted by Crippen LogP contribution is -2.36. The summed E-state index contributed by atoms with van der Waals surface area (Å²) in [6.07, 6.45) is 1.91. The number of primary amides is 1. The fourth-order valence-electron chi connectivity index (χ4n) is 1.15. The Bertz CT molecular complexity index is 124. The first-order chi connectivity index (χ1) is 4.22. The summed E-state index contributed by atoms with van der Waals surface area (Å²) >= 11 is 0. The van der Waals surface area contributed by atoms with Gasteiger partial charge in [0, 0.05) is 0 Å². The summed E-state index contributed by atoms with van der Waals surface area (Å²) < 4.78 is 0. The molecule has 1 atom stereocenters. The van der Waals surface area contributed by atoms with E-state index in [1.54, 1.807) is 4.90 Å². The Morgan fingerprint density at radius 2 is 2.44 bits per heavy atom.